The largest absolute Gasteiger partial charge is 0.497 e. The van der Waals surface area contributed by atoms with Gasteiger partial charge in [-0.3, -0.25) is 4.79 Å². The molecule has 3 heterocycles. The van der Waals surface area contributed by atoms with Crippen LogP contribution < -0.4 is 4.74 Å². The number of methoxy groups -OCH3 is 1. The molecule has 0 spiro atoms. The lowest BCUT2D eigenvalue weighted by Crippen LogP contribution is -2.39. The lowest BCUT2D eigenvalue weighted by atomic mass is 9.98. The van der Waals surface area contributed by atoms with E-state index in [2.05, 4.69) is 13.8 Å². The second kappa shape index (κ2) is 7.85. The molecule has 0 bridgehead atoms. The number of carbonyl (C=O) groups is 1. The molecule has 6 nitrogen and oxygen atoms in total. The zero-order valence-corrected chi connectivity index (χ0v) is 17.6. The van der Waals surface area contributed by atoms with Crippen LogP contribution in [0.15, 0.2) is 30.3 Å². The number of ether oxygens (including phenoxy) is 1. The number of aryl methyl sites for hydroxylation is 2. The molecule has 0 aliphatic carbocycles. The maximum absolute atomic E-state index is 13.5. The lowest BCUT2D eigenvalue weighted by molar-refractivity contribution is 0.0685. The molecule has 0 N–H and O–H groups in total. The zero-order valence-electron chi connectivity index (χ0n) is 17.6. The van der Waals surface area contributed by atoms with Crippen LogP contribution in [-0.4, -0.2) is 45.8 Å². The minimum atomic E-state index is 0.0935. The summed E-state index contributed by atoms with van der Waals surface area (Å²) < 4.78 is 7.10. The summed E-state index contributed by atoms with van der Waals surface area (Å²) in [7, 11) is 1.65. The summed E-state index contributed by atoms with van der Waals surface area (Å²) in [5.74, 6) is 1.43. The van der Waals surface area contributed by atoms with Gasteiger partial charge in [0.1, 0.15) is 5.75 Å². The van der Waals surface area contributed by atoms with Gasteiger partial charge in [-0.05, 0) is 62.4 Å². The number of rotatable bonds is 4. The van der Waals surface area contributed by atoms with E-state index in [1.165, 1.54) is 6.42 Å². The molecular weight excluding hydrogens is 364 g/mol. The molecular formula is C23H28N4O2. The molecule has 2 aromatic heterocycles. The molecule has 0 unspecified atom stereocenters. The Hall–Kier alpha value is -2.89. The number of amides is 1. The molecule has 29 heavy (non-hydrogen) atoms. The van der Waals surface area contributed by atoms with E-state index in [-0.39, 0.29) is 5.91 Å². The summed E-state index contributed by atoms with van der Waals surface area (Å²) in [5.41, 5.74) is 4.08. The van der Waals surface area contributed by atoms with Crippen LogP contribution in [0.1, 0.15) is 48.4 Å². The highest BCUT2D eigenvalue weighted by Gasteiger charge is 2.26. The van der Waals surface area contributed by atoms with E-state index in [0.29, 0.717) is 5.92 Å². The summed E-state index contributed by atoms with van der Waals surface area (Å²) in [6, 6.07) is 9.68. The summed E-state index contributed by atoms with van der Waals surface area (Å²) in [6.07, 6.45) is 3.01. The molecule has 6 heteroatoms. The van der Waals surface area contributed by atoms with Crippen LogP contribution in [0.25, 0.3) is 16.7 Å². The quantitative estimate of drug-likeness (QED) is 0.669. The highest BCUT2D eigenvalue weighted by atomic mass is 16.5. The standard InChI is InChI=1S/C23H28N4O2/c1-5-17-13-20(23(28)26-12-6-7-15(2)14-26)21-16(3)25-27(22(21)24-17)18-8-10-19(29-4)11-9-18/h8-11,13,15H,5-7,12,14H2,1-4H3/t15-/m1/s1. The molecule has 3 aromatic rings. The number of nitrogens with zero attached hydrogens (tertiary/aromatic N) is 4. The second-order valence-corrected chi connectivity index (χ2v) is 7.91. The first-order chi connectivity index (χ1) is 14.0. The Morgan fingerprint density at radius 1 is 1.28 bits per heavy atom. The smallest absolute Gasteiger partial charge is 0.254 e. The van der Waals surface area contributed by atoms with Crippen molar-refractivity contribution in [3.8, 4) is 11.4 Å². The lowest BCUT2D eigenvalue weighted by Gasteiger charge is -2.31. The van der Waals surface area contributed by atoms with Gasteiger partial charge in [0, 0.05) is 18.8 Å². The molecule has 1 aliphatic rings. The first kappa shape index (κ1) is 19.4. The van der Waals surface area contributed by atoms with Gasteiger partial charge in [0.05, 0.1) is 29.4 Å². The molecule has 4 rings (SSSR count). The second-order valence-electron chi connectivity index (χ2n) is 7.91. The third-order valence-electron chi connectivity index (χ3n) is 5.72. The third kappa shape index (κ3) is 3.59. The van der Waals surface area contributed by atoms with Crippen molar-refractivity contribution in [1.82, 2.24) is 19.7 Å². The molecule has 1 saturated heterocycles. The van der Waals surface area contributed by atoms with E-state index in [0.717, 1.165) is 65.4 Å². The van der Waals surface area contributed by atoms with Gasteiger partial charge < -0.3 is 9.64 Å². The van der Waals surface area contributed by atoms with Crippen molar-refractivity contribution in [3.63, 3.8) is 0 Å². The summed E-state index contributed by atoms with van der Waals surface area (Å²) >= 11 is 0. The van der Waals surface area contributed by atoms with Crippen LogP contribution in [0, 0.1) is 12.8 Å². The van der Waals surface area contributed by atoms with Gasteiger partial charge in [0.15, 0.2) is 5.65 Å². The highest BCUT2D eigenvalue weighted by molar-refractivity contribution is 6.06. The summed E-state index contributed by atoms with van der Waals surface area (Å²) in [4.78, 5) is 20.3. The Labute approximate surface area is 171 Å². The fourth-order valence-corrected chi connectivity index (χ4v) is 4.14. The van der Waals surface area contributed by atoms with E-state index in [1.807, 2.05) is 46.8 Å². The van der Waals surface area contributed by atoms with Gasteiger partial charge in [-0.1, -0.05) is 13.8 Å². The SMILES string of the molecule is CCc1cc(C(=O)N2CCC[C@@H](C)C2)c2c(C)nn(-c3ccc(OC)cc3)c2n1. The molecule has 1 amide bonds. The van der Waals surface area contributed by atoms with Crippen molar-refractivity contribution in [2.24, 2.45) is 5.92 Å². The van der Waals surface area contributed by atoms with Crippen LogP contribution in [0.2, 0.25) is 0 Å². The van der Waals surface area contributed by atoms with E-state index in [4.69, 9.17) is 14.8 Å². The van der Waals surface area contributed by atoms with Gasteiger partial charge in [0.25, 0.3) is 5.91 Å². The molecule has 1 aliphatic heterocycles. The predicted molar refractivity (Wildman–Crippen MR) is 114 cm³/mol. The van der Waals surface area contributed by atoms with Crippen LogP contribution >= 0.6 is 0 Å². The van der Waals surface area contributed by atoms with Gasteiger partial charge in [-0.15, -0.1) is 0 Å². The number of hydrogen-bond acceptors (Lipinski definition) is 4. The number of likely N-dealkylation sites (tertiary alicyclic amines) is 1. The van der Waals surface area contributed by atoms with E-state index in [9.17, 15) is 4.79 Å². The Morgan fingerprint density at radius 3 is 2.69 bits per heavy atom. The minimum absolute atomic E-state index is 0.0935. The highest BCUT2D eigenvalue weighted by Crippen LogP contribution is 2.28. The van der Waals surface area contributed by atoms with E-state index < -0.39 is 0 Å². The van der Waals surface area contributed by atoms with Gasteiger partial charge in [0.2, 0.25) is 0 Å². The van der Waals surface area contributed by atoms with Gasteiger partial charge in [-0.25, -0.2) is 9.67 Å². The number of benzene rings is 1. The Bertz CT molecular complexity index is 1040. The van der Waals surface area contributed by atoms with Gasteiger partial charge >= 0.3 is 0 Å². The zero-order chi connectivity index (χ0) is 20.5. The molecule has 1 atom stereocenters. The van der Waals surface area contributed by atoms with E-state index >= 15 is 0 Å². The number of carbonyl (C=O) groups excluding carboxylic acids is 1. The Kier molecular flexibility index (Phi) is 5.26. The van der Waals surface area contributed by atoms with Crippen LogP contribution in [-0.2, 0) is 6.42 Å². The van der Waals surface area contributed by atoms with Crippen molar-refractivity contribution >= 4 is 16.9 Å². The number of hydrogen-bond donors (Lipinski definition) is 0. The number of aromatic nitrogens is 3. The average Bonchev–Trinajstić information content (AvgIpc) is 3.09. The van der Waals surface area contributed by atoms with Crippen molar-refractivity contribution in [1.29, 1.82) is 0 Å². The molecule has 1 aromatic carbocycles. The Balaban J connectivity index is 1.85. The van der Waals surface area contributed by atoms with Crippen LogP contribution in [0.4, 0.5) is 0 Å². The molecule has 1 fully saturated rings. The maximum atomic E-state index is 13.5. The van der Waals surface area contributed by atoms with Crippen molar-refractivity contribution in [3.05, 3.63) is 47.3 Å². The third-order valence-corrected chi connectivity index (χ3v) is 5.72. The fraction of sp³-hybridized carbons (Fsp3) is 0.435. The van der Waals surface area contributed by atoms with Crippen LogP contribution in [0.5, 0.6) is 5.75 Å². The first-order valence-corrected chi connectivity index (χ1v) is 10.3. The average molecular weight is 393 g/mol. The maximum Gasteiger partial charge on any atom is 0.254 e. The van der Waals surface area contributed by atoms with Crippen molar-refractivity contribution < 1.29 is 9.53 Å². The predicted octanol–water partition coefficient (Wildman–Crippen LogP) is 4.17. The topological polar surface area (TPSA) is 60.2 Å². The van der Waals surface area contributed by atoms with E-state index in [1.54, 1.807) is 7.11 Å². The van der Waals surface area contributed by atoms with Crippen molar-refractivity contribution in [2.75, 3.05) is 20.2 Å². The normalized spacial score (nSPS) is 17.0. The summed E-state index contributed by atoms with van der Waals surface area (Å²) in [5, 5.41) is 5.59. The minimum Gasteiger partial charge on any atom is -0.497 e. The van der Waals surface area contributed by atoms with Gasteiger partial charge in [-0.2, -0.15) is 5.10 Å². The van der Waals surface area contributed by atoms with Crippen molar-refractivity contribution in [2.45, 2.75) is 40.0 Å². The number of pyridine rings is 1. The fourth-order valence-electron chi connectivity index (χ4n) is 4.14. The molecule has 152 valence electrons. The monoisotopic (exact) mass is 392 g/mol. The number of fused-ring (bicyclic) bond motifs is 1. The first-order valence-electron chi connectivity index (χ1n) is 10.3. The number of piperidine rings is 1. The summed E-state index contributed by atoms with van der Waals surface area (Å²) in [6.45, 7) is 7.86. The molecule has 0 radical (unpaired) electrons. The Morgan fingerprint density at radius 2 is 2.03 bits per heavy atom. The molecule has 0 saturated carbocycles. The van der Waals surface area contributed by atoms with Crippen LogP contribution in [0.3, 0.4) is 0 Å².